The number of aryl methyl sites for hydroxylation is 1. The third kappa shape index (κ3) is 3.46. The average Bonchev–Trinajstić information content (AvgIpc) is 3.05. The Kier molecular flexibility index (Phi) is 4.57. The summed E-state index contributed by atoms with van der Waals surface area (Å²) in [4.78, 5) is 4.38. The largest absolute Gasteiger partial charge is 0.361 e. The van der Waals surface area contributed by atoms with Crippen LogP contribution in [0.5, 0.6) is 0 Å². The first-order valence-electron chi connectivity index (χ1n) is 7.26. The van der Waals surface area contributed by atoms with Crippen molar-refractivity contribution in [3.8, 4) is 0 Å². The summed E-state index contributed by atoms with van der Waals surface area (Å²) < 4.78 is 10.7. The molecular formula is C15H23N3O2. The Labute approximate surface area is 119 Å². The van der Waals surface area contributed by atoms with Gasteiger partial charge in [0.1, 0.15) is 5.76 Å². The highest BCUT2D eigenvalue weighted by molar-refractivity contribution is 5.12. The van der Waals surface area contributed by atoms with Gasteiger partial charge in [-0.15, -0.1) is 0 Å². The molecule has 110 valence electrons. The predicted molar refractivity (Wildman–Crippen MR) is 75.7 cm³/mol. The zero-order valence-corrected chi connectivity index (χ0v) is 12.9. The fourth-order valence-electron chi connectivity index (χ4n) is 1.89. The van der Waals surface area contributed by atoms with Crippen LogP contribution in [-0.2, 0) is 6.42 Å². The molecule has 2 aromatic heterocycles. The Bertz CT molecular complexity index is 543. The molecule has 0 aromatic carbocycles. The summed E-state index contributed by atoms with van der Waals surface area (Å²) >= 11 is 0. The van der Waals surface area contributed by atoms with Crippen LogP contribution in [0.1, 0.15) is 82.0 Å². The van der Waals surface area contributed by atoms with Gasteiger partial charge in [-0.2, -0.15) is 4.98 Å². The van der Waals surface area contributed by atoms with Gasteiger partial charge >= 0.3 is 0 Å². The van der Waals surface area contributed by atoms with Crippen LogP contribution < -0.4 is 0 Å². The van der Waals surface area contributed by atoms with Gasteiger partial charge in [0, 0.05) is 24.3 Å². The van der Waals surface area contributed by atoms with Gasteiger partial charge in [0.2, 0.25) is 5.89 Å². The van der Waals surface area contributed by atoms with E-state index in [1.165, 1.54) is 0 Å². The van der Waals surface area contributed by atoms with Crippen molar-refractivity contribution in [1.82, 2.24) is 15.3 Å². The maximum absolute atomic E-state index is 5.40. The van der Waals surface area contributed by atoms with Crippen molar-refractivity contribution >= 4 is 0 Å². The average molecular weight is 277 g/mol. The highest BCUT2D eigenvalue weighted by atomic mass is 16.5. The van der Waals surface area contributed by atoms with Crippen molar-refractivity contribution in [3.63, 3.8) is 0 Å². The monoisotopic (exact) mass is 277 g/mol. The van der Waals surface area contributed by atoms with Crippen LogP contribution >= 0.6 is 0 Å². The van der Waals surface area contributed by atoms with E-state index in [1.54, 1.807) is 0 Å². The molecule has 0 spiro atoms. The van der Waals surface area contributed by atoms with Crippen molar-refractivity contribution in [2.24, 2.45) is 0 Å². The molecule has 0 N–H and O–H groups in total. The summed E-state index contributed by atoms with van der Waals surface area (Å²) in [6.45, 7) is 10.5. The number of nitrogens with zero attached hydrogens (tertiary/aromatic N) is 3. The molecule has 0 aliphatic rings. The van der Waals surface area contributed by atoms with Crippen LogP contribution in [0, 0.1) is 0 Å². The Morgan fingerprint density at radius 2 is 1.75 bits per heavy atom. The summed E-state index contributed by atoms with van der Waals surface area (Å²) in [5, 5.41) is 8.06. The van der Waals surface area contributed by atoms with Crippen LogP contribution in [0.15, 0.2) is 15.1 Å². The molecule has 2 aromatic rings. The van der Waals surface area contributed by atoms with Gasteiger partial charge < -0.3 is 9.05 Å². The van der Waals surface area contributed by atoms with Crippen molar-refractivity contribution in [1.29, 1.82) is 0 Å². The van der Waals surface area contributed by atoms with E-state index in [2.05, 4.69) is 49.9 Å². The summed E-state index contributed by atoms with van der Waals surface area (Å²) in [6.07, 6.45) is 1.67. The van der Waals surface area contributed by atoms with E-state index in [0.717, 1.165) is 30.1 Å². The number of aromatic nitrogens is 3. The molecule has 0 bridgehead atoms. The summed E-state index contributed by atoms with van der Waals surface area (Å²) in [5.74, 6) is 3.39. The minimum absolute atomic E-state index is 0.296. The van der Waals surface area contributed by atoms with Gasteiger partial charge in [-0.1, -0.05) is 44.9 Å². The molecule has 0 saturated heterocycles. The van der Waals surface area contributed by atoms with Gasteiger partial charge in [-0.05, 0) is 12.3 Å². The minimum Gasteiger partial charge on any atom is -0.361 e. The third-order valence-corrected chi connectivity index (χ3v) is 3.42. The second kappa shape index (κ2) is 6.20. The van der Waals surface area contributed by atoms with Gasteiger partial charge in [0.25, 0.3) is 0 Å². The molecule has 0 aliphatic heterocycles. The van der Waals surface area contributed by atoms with E-state index in [0.29, 0.717) is 23.6 Å². The standard InChI is InChI=1S/C15H23N3O2/c1-9(2)12-8-13(19-17-12)11(5)6-7-14-16-15(10(3)4)18-20-14/h8-11H,6-7H2,1-5H3. The SMILES string of the molecule is CC(C)c1cc(C(C)CCc2nc(C(C)C)no2)on1. The van der Waals surface area contributed by atoms with Gasteiger partial charge in [-0.25, -0.2) is 0 Å². The minimum atomic E-state index is 0.296. The van der Waals surface area contributed by atoms with Gasteiger partial charge in [0.05, 0.1) is 5.69 Å². The first kappa shape index (κ1) is 14.8. The number of rotatable bonds is 6. The lowest BCUT2D eigenvalue weighted by atomic mass is 10.0. The molecule has 0 aliphatic carbocycles. The Morgan fingerprint density at radius 1 is 1.00 bits per heavy atom. The van der Waals surface area contributed by atoms with Crippen LogP contribution in [0.4, 0.5) is 0 Å². The highest BCUT2D eigenvalue weighted by Gasteiger charge is 2.16. The molecule has 2 heterocycles. The highest BCUT2D eigenvalue weighted by Crippen LogP contribution is 2.24. The lowest BCUT2D eigenvalue weighted by Crippen LogP contribution is -1.96. The van der Waals surface area contributed by atoms with Crippen LogP contribution in [0.2, 0.25) is 0 Å². The topological polar surface area (TPSA) is 65.0 Å². The second-order valence-corrected chi connectivity index (χ2v) is 5.95. The molecule has 5 nitrogen and oxygen atoms in total. The van der Waals surface area contributed by atoms with Crippen LogP contribution in [-0.4, -0.2) is 15.3 Å². The molecular weight excluding hydrogens is 254 g/mol. The molecule has 1 unspecified atom stereocenters. The predicted octanol–water partition coefficient (Wildman–Crippen LogP) is 4.04. The fraction of sp³-hybridized carbons (Fsp3) is 0.667. The van der Waals surface area contributed by atoms with E-state index in [-0.39, 0.29) is 0 Å². The molecule has 0 amide bonds. The molecule has 20 heavy (non-hydrogen) atoms. The normalized spacial score (nSPS) is 13.3. The molecule has 5 heteroatoms. The molecule has 0 saturated carbocycles. The van der Waals surface area contributed by atoms with Crippen molar-refractivity contribution < 1.29 is 9.05 Å². The fourth-order valence-corrected chi connectivity index (χ4v) is 1.89. The van der Waals surface area contributed by atoms with Crippen LogP contribution in [0.3, 0.4) is 0 Å². The zero-order valence-electron chi connectivity index (χ0n) is 12.9. The molecule has 1 atom stereocenters. The van der Waals surface area contributed by atoms with E-state index in [4.69, 9.17) is 9.05 Å². The van der Waals surface area contributed by atoms with E-state index in [1.807, 2.05) is 6.07 Å². The summed E-state index contributed by atoms with van der Waals surface area (Å²) in [5.41, 5.74) is 1.01. The van der Waals surface area contributed by atoms with E-state index in [9.17, 15) is 0 Å². The first-order valence-corrected chi connectivity index (χ1v) is 7.26. The second-order valence-electron chi connectivity index (χ2n) is 5.95. The Morgan fingerprint density at radius 3 is 2.30 bits per heavy atom. The maximum atomic E-state index is 5.40. The molecule has 2 rings (SSSR count). The summed E-state index contributed by atoms with van der Waals surface area (Å²) in [7, 11) is 0. The molecule has 0 fully saturated rings. The zero-order chi connectivity index (χ0) is 14.7. The summed E-state index contributed by atoms with van der Waals surface area (Å²) in [6, 6.07) is 2.04. The lowest BCUT2D eigenvalue weighted by molar-refractivity contribution is 0.340. The Balaban J connectivity index is 1.91. The van der Waals surface area contributed by atoms with E-state index < -0.39 is 0 Å². The van der Waals surface area contributed by atoms with Gasteiger partial charge in [0.15, 0.2) is 5.82 Å². The van der Waals surface area contributed by atoms with Gasteiger partial charge in [-0.3, -0.25) is 0 Å². The smallest absolute Gasteiger partial charge is 0.226 e. The Hall–Kier alpha value is -1.65. The molecule has 0 radical (unpaired) electrons. The number of hydrogen-bond donors (Lipinski definition) is 0. The van der Waals surface area contributed by atoms with Crippen LogP contribution in [0.25, 0.3) is 0 Å². The van der Waals surface area contributed by atoms with Crippen molar-refractivity contribution in [2.45, 2.75) is 65.2 Å². The van der Waals surface area contributed by atoms with Crippen molar-refractivity contribution in [2.75, 3.05) is 0 Å². The maximum Gasteiger partial charge on any atom is 0.226 e. The first-order chi connectivity index (χ1) is 9.47. The lowest BCUT2D eigenvalue weighted by Gasteiger charge is -2.04. The van der Waals surface area contributed by atoms with Crippen molar-refractivity contribution in [3.05, 3.63) is 29.2 Å². The quantitative estimate of drug-likeness (QED) is 0.797. The van der Waals surface area contributed by atoms with E-state index >= 15 is 0 Å². The third-order valence-electron chi connectivity index (χ3n) is 3.42. The number of hydrogen-bond acceptors (Lipinski definition) is 5.